The number of hydrogen-bond donors (Lipinski definition) is 0. The van der Waals surface area contributed by atoms with Crippen molar-refractivity contribution in [1.29, 1.82) is 0 Å². The lowest BCUT2D eigenvalue weighted by Crippen LogP contribution is -2.10. The minimum absolute atomic E-state index is 0.391. The summed E-state index contributed by atoms with van der Waals surface area (Å²) in [5.41, 5.74) is 1.24. The zero-order chi connectivity index (χ0) is 29.0. The molecule has 0 heterocycles. The van der Waals surface area contributed by atoms with Crippen molar-refractivity contribution in [3.05, 3.63) is 78.9 Å². The number of esters is 3. The molecule has 8 heteroatoms. The molecule has 2 rings (SSSR count). The summed E-state index contributed by atoms with van der Waals surface area (Å²) in [6.45, 7) is 10.5. The lowest BCUT2D eigenvalue weighted by molar-refractivity contribution is -0.138. The molecular formula is C32H40O8. The van der Waals surface area contributed by atoms with Crippen LogP contribution in [-0.2, 0) is 19.1 Å². The number of hydrogen-bond acceptors (Lipinski definition) is 8. The van der Waals surface area contributed by atoms with Gasteiger partial charge in [-0.25, -0.2) is 14.4 Å². The van der Waals surface area contributed by atoms with E-state index in [0.717, 1.165) is 69.1 Å². The normalized spacial score (nSPS) is 10.3. The molecule has 0 aliphatic carbocycles. The molecule has 0 aromatic heterocycles. The maximum absolute atomic E-state index is 12.7. The Balaban J connectivity index is 1.64. The van der Waals surface area contributed by atoms with Gasteiger partial charge in [-0.15, -0.1) is 0 Å². The highest BCUT2D eigenvalue weighted by Gasteiger charge is 2.13. The van der Waals surface area contributed by atoms with E-state index in [0.29, 0.717) is 49.2 Å². The standard InChI is InChI=1S/C32H40O8/c1-4-30(33)38-22-12-8-6-10-20-36-26-14-16-27(17-15-26)40-32(35)29-19-18-28(24-25(29)3)37-21-11-7-9-13-23-39-31(34)5-2/h4-5,14-19,24H,1-2,6-13,20-23H2,3H3. The lowest BCUT2D eigenvalue weighted by atomic mass is 10.1. The Hall–Kier alpha value is -4.07. The fraction of sp³-hybridized carbons (Fsp3) is 0.406. The Labute approximate surface area is 236 Å². The first-order valence-corrected chi connectivity index (χ1v) is 13.7. The van der Waals surface area contributed by atoms with E-state index in [1.54, 1.807) is 36.4 Å². The minimum Gasteiger partial charge on any atom is -0.494 e. The van der Waals surface area contributed by atoms with Crippen molar-refractivity contribution in [3.63, 3.8) is 0 Å². The molecular weight excluding hydrogens is 512 g/mol. The molecule has 2 aromatic carbocycles. The summed E-state index contributed by atoms with van der Waals surface area (Å²) in [6.07, 6.45) is 9.56. The van der Waals surface area contributed by atoms with Gasteiger partial charge in [0, 0.05) is 12.2 Å². The van der Waals surface area contributed by atoms with Crippen molar-refractivity contribution in [1.82, 2.24) is 0 Å². The van der Waals surface area contributed by atoms with Crippen molar-refractivity contribution < 1.29 is 38.1 Å². The Kier molecular flexibility index (Phi) is 15.3. The quantitative estimate of drug-likeness (QED) is 0.0789. The van der Waals surface area contributed by atoms with E-state index in [1.807, 2.05) is 13.0 Å². The first-order chi connectivity index (χ1) is 19.4. The van der Waals surface area contributed by atoms with Crippen LogP contribution >= 0.6 is 0 Å². The molecule has 0 fully saturated rings. The number of aryl methyl sites for hydroxylation is 1. The van der Waals surface area contributed by atoms with Gasteiger partial charge >= 0.3 is 17.9 Å². The fourth-order valence-corrected chi connectivity index (χ4v) is 3.68. The van der Waals surface area contributed by atoms with Gasteiger partial charge in [-0.3, -0.25) is 0 Å². The average molecular weight is 553 g/mol. The van der Waals surface area contributed by atoms with Gasteiger partial charge in [0.15, 0.2) is 0 Å². The highest BCUT2D eigenvalue weighted by atomic mass is 16.5. The van der Waals surface area contributed by atoms with E-state index in [2.05, 4.69) is 13.2 Å². The van der Waals surface area contributed by atoms with Crippen molar-refractivity contribution in [2.75, 3.05) is 26.4 Å². The molecule has 0 aliphatic rings. The number of carbonyl (C=O) groups excluding carboxylic acids is 3. The summed E-state index contributed by atoms with van der Waals surface area (Å²) in [4.78, 5) is 34.6. The molecule has 216 valence electrons. The van der Waals surface area contributed by atoms with Gasteiger partial charge in [0.2, 0.25) is 0 Å². The third-order valence-electron chi connectivity index (χ3n) is 5.89. The molecule has 0 amide bonds. The molecule has 0 radical (unpaired) electrons. The van der Waals surface area contributed by atoms with Crippen molar-refractivity contribution >= 4 is 17.9 Å². The summed E-state index contributed by atoms with van der Waals surface area (Å²) in [6, 6.07) is 12.3. The second-order valence-corrected chi connectivity index (χ2v) is 9.11. The zero-order valence-corrected chi connectivity index (χ0v) is 23.4. The third kappa shape index (κ3) is 13.1. The maximum atomic E-state index is 12.7. The number of rotatable bonds is 20. The van der Waals surface area contributed by atoms with Gasteiger partial charge in [0.1, 0.15) is 17.2 Å². The van der Waals surface area contributed by atoms with E-state index in [9.17, 15) is 14.4 Å². The molecule has 0 spiro atoms. The second-order valence-electron chi connectivity index (χ2n) is 9.11. The number of benzene rings is 2. The number of carbonyl (C=O) groups is 3. The van der Waals surface area contributed by atoms with Crippen LogP contribution in [0.4, 0.5) is 0 Å². The van der Waals surface area contributed by atoms with E-state index in [4.69, 9.17) is 23.7 Å². The topological polar surface area (TPSA) is 97.4 Å². The molecule has 8 nitrogen and oxygen atoms in total. The fourth-order valence-electron chi connectivity index (χ4n) is 3.68. The SMILES string of the molecule is C=CC(=O)OCCCCCCOc1ccc(OC(=O)c2ccc(OCCCCCCOC(=O)C=C)cc2C)cc1. The van der Waals surface area contributed by atoms with Crippen LogP contribution in [0.25, 0.3) is 0 Å². The van der Waals surface area contributed by atoms with Gasteiger partial charge in [0.25, 0.3) is 0 Å². The highest BCUT2D eigenvalue weighted by Crippen LogP contribution is 2.22. The van der Waals surface area contributed by atoms with Gasteiger partial charge in [-0.05, 0) is 106 Å². The Morgan fingerprint density at radius 2 is 1.07 bits per heavy atom. The molecule has 40 heavy (non-hydrogen) atoms. The molecule has 0 bridgehead atoms. The number of ether oxygens (including phenoxy) is 5. The summed E-state index contributed by atoms with van der Waals surface area (Å²) in [5.74, 6) is 0.619. The molecule has 0 N–H and O–H groups in total. The molecule has 2 aromatic rings. The van der Waals surface area contributed by atoms with E-state index in [-0.39, 0.29) is 0 Å². The smallest absolute Gasteiger partial charge is 0.343 e. The highest BCUT2D eigenvalue weighted by molar-refractivity contribution is 5.92. The summed E-state index contributed by atoms with van der Waals surface area (Å²) >= 11 is 0. The van der Waals surface area contributed by atoms with E-state index in [1.165, 1.54) is 0 Å². The molecule has 0 atom stereocenters. The first-order valence-electron chi connectivity index (χ1n) is 13.7. The molecule has 0 saturated heterocycles. The van der Waals surface area contributed by atoms with Gasteiger partial charge < -0.3 is 23.7 Å². The zero-order valence-electron chi connectivity index (χ0n) is 23.4. The average Bonchev–Trinajstić information content (AvgIpc) is 2.96. The summed E-state index contributed by atoms with van der Waals surface area (Å²) in [5, 5.41) is 0. The minimum atomic E-state index is -0.436. The Bertz CT molecular complexity index is 1090. The molecule has 0 unspecified atom stereocenters. The lowest BCUT2D eigenvalue weighted by Gasteiger charge is -2.11. The van der Waals surface area contributed by atoms with Crippen molar-refractivity contribution in [2.45, 2.75) is 58.3 Å². The maximum Gasteiger partial charge on any atom is 0.343 e. The Morgan fingerprint density at radius 3 is 1.57 bits per heavy atom. The van der Waals surface area contributed by atoms with Crippen LogP contribution in [0, 0.1) is 6.92 Å². The van der Waals surface area contributed by atoms with Crippen molar-refractivity contribution in [3.8, 4) is 17.2 Å². The summed E-state index contributed by atoms with van der Waals surface area (Å²) in [7, 11) is 0. The summed E-state index contributed by atoms with van der Waals surface area (Å²) < 4.78 is 27.0. The van der Waals surface area contributed by atoms with Crippen LogP contribution in [0.1, 0.15) is 67.3 Å². The molecule has 0 aliphatic heterocycles. The van der Waals surface area contributed by atoms with E-state index >= 15 is 0 Å². The van der Waals surface area contributed by atoms with Gasteiger partial charge in [-0.1, -0.05) is 13.2 Å². The van der Waals surface area contributed by atoms with Crippen LogP contribution < -0.4 is 14.2 Å². The van der Waals surface area contributed by atoms with Crippen LogP contribution in [0.15, 0.2) is 67.8 Å². The predicted octanol–water partition coefficient (Wildman–Crippen LogP) is 6.55. The third-order valence-corrected chi connectivity index (χ3v) is 5.89. The monoisotopic (exact) mass is 552 g/mol. The second kappa shape index (κ2) is 19.1. The van der Waals surface area contributed by atoms with Crippen LogP contribution in [0.3, 0.4) is 0 Å². The largest absolute Gasteiger partial charge is 0.494 e. The number of unbranched alkanes of at least 4 members (excludes halogenated alkanes) is 6. The van der Waals surface area contributed by atoms with Gasteiger partial charge in [0.05, 0.1) is 32.0 Å². The first kappa shape index (κ1) is 32.1. The Morgan fingerprint density at radius 1 is 0.625 bits per heavy atom. The molecule has 0 saturated carbocycles. The van der Waals surface area contributed by atoms with Gasteiger partial charge in [-0.2, -0.15) is 0 Å². The van der Waals surface area contributed by atoms with E-state index < -0.39 is 17.9 Å². The predicted molar refractivity (Wildman–Crippen MR) is 153 cm³/mol. The van der Waals surface area contributed by atoms with Crippen LogP contribution in [0.2, 0.25) is 0 Å². The van der Waals surface area contributed by atoms with Crippen molar-refractivity contribution in [2.24, 2.45) is 0 Å². The van der Waals surface area contributed by atoms with Crippen LogP contribution in [-0.4, -0.2) is 44.3 Å². The van der Waals surface area contributed by atoms with Crippen LogP contribution in [0.5, 0.6) is 17.2 Å².